The minimum Gasteiger partial charge on any atom is -0.311 e. The van der Waals surface area contributed by atoms with Crippen molar-refractivity contribution in [3.8, 4) is 0 Å². The van der Waals surface area contributed by atoms with Crippen LogP contribution in [0.3, 0.4) is 0 Å². The summed E-state index contributed by atoms with van der Waals surface area (Å²) in [6.45, 7) is 9.67. The van der Waals surface area contributed by atoms with Gasteiger partial charge in [-0.25, -0.2) is 0 Å². The van der Waals surface area contributed by atoms with E-state index in [-0.39, 0.29) is 0 Å². The van der Waals surface area contributed by atoms with Crippen molar-refractivity contribution in [2.24, 2.45) is 0 Å². The Balaban J connectivity index is 2.00. The van der Waals surface area contributed by atoms with Crippen molar-refractivity contribution < 1.29 is 0 Å². The zero-order valence-electron chi connectivity index (χ0n) is 12.7. The summed E-state index contributed by atoms with van der Waals surface area (Å²) in [5.74, 6) is 0. The van der Waals surface area contributed by atoms with Crippen LogP contribution in [-0.2, 0) is 0 Å². The van der Waals surface area contributed by atoms with E-state index in [0.717, 1.165) is 6.04 Å². The van der Waals surface area contributed by atoms with Gasteiger partial charge in [-0.05, 0) is 65.5 Å². The van der Waals surface area contributed by atoms with Gasteiger partial charge in [0, 0.05) is 17.6 Å². The molecule has 1 N–H and O–H groups in total. The van der Waals surface area contributed by atoms with Gasteiger partial charge in [0.2, 0.25) is 0 Å². The van der Waals surface area contributed by atoms with Crippen LogP contribution >= 0.6 is 0 Å². The van der Waals surface area contributed by atoms with Crippen molar-refractivity contribution in [1.29, 1.82) is 0 Å². The maximum Gasteiger partial charge on any atom is 0.0193 e. The van der Waals surface area contributed by atoms with E-state index >= 15 is 0 Å². The Kier molecular flexibility index (Phi) is 5.08. The second-order valence-electron chi connectivity index (χ2n) is 6.70. The molecule has 0 bridgehead atoms. The molecule has 2 heteroatoms. The number of nitrogens with zero attached hydrogens (tertiary/aromatic N) is 1. The average molecular weight is 252 g/mol. The van der Waals surface area contributed by atoms with Gasteiger partial charge >= 0.3 is 0 Å². The average Bonchev–Trinajstić information content (AvgIpc) is 2.40. The molecule has 2 saturated heterocycles. The monoisotopic (exact) mass is 252 g/mol. The highest BCUT2D eigenvalue weighted by Gasteiger charge is 2.35. The van der Waals surface area contributed by atoms with Gasteiger partial charge in [-0.3, -0.25) is 4.90 Å². The molecular formula is C16H32N2. The highest BCUT2D eigenvalue weighted by Crippen LogP contribution is 2.33. The molecule has 2 unspecified atom stereocenters. The van der Waals surface area contributed by atoms with Gasteiger partial charge in [0.05, 0.1) is 0 Å². The first kappa shape index (κ1) is 14.3. The Bertz CT molecular complexity index is 243. The third kappa shape index (κ3) is 3.27. The lowest BCUT2D eigenvalue weighted by Gasteiger charge is -2.46. The van der Waals surface area contributed by atoms with Crippen molar-refractivity contribution >= 4 is 0 Å². The summed E-state index contributed by atoms with van der Waals surface area (Å²) in [6, 6.07) is 1.54. The second-order valence-corrected chi connectivity index (χ2v) is 6.70. The van der Waals surface area contributed by atoms with Gasteiger partial charge in [0.25, 0.3) is 0 Å². The molecule has 18 heavy (non-hydrogen) atoms. The third-order valence-electron chi connectivity index (χ3n) is 5.22. The Labute approximate surface area is 114 Å². The number of likely N-dealkylation sites (tertiary alicyclic amines) is 1. The highest BCUT2D eigenvalue weighted by molar-refractivity contribution is 4.95. The molecule has 2 fully saturated rings. The molecule has 2 atom stereocenters. The summed E-state index contributed by atoms with van der Waals surface area (Å²) in [4.78, 5) is 2.76. The van der Waals surface area contributed by atoms with Crippen molar-refractivity contribution in [3.63, 3.8) is 0 Å². The van der Waals surface area contributed by atoms with Gasteiger partial charge in [-0.15, -0.1) is 0 Å². The van der Waals surface area contributed by atoms with Crippen LogP contribution in [0.2, 0.25) is 0 Å². The molecule has 2 rings (SSSR count). The molecule has 106 valence electrons. The number of hydrogen-bond acceptors (Lipinski definition) is 2. The smallest absolute Gasteiger partial charge is 0.0193 e. The van der Waals surface area contributed by atoms with Crippen LogP contribution in [0.5, 0.6) is 0 Å². The van der Waals surface area contributed by atoms with Gasteiger partial charge in [-0.2, -0.15) is 0 Å². The summed E-state index contributed by atoms with van der Waals surface area (Å²) < 4.78 is 0. The molecule has 0 aromatic rings. The molecule has 2 heterocycles. The van der Waals surface area contributed by atoms with Crippen LogP contribution < -0.4 is 5.32 Å². The van der Waals surface area contributed by atoms with Crippen LogP contribution in [0.1, 0.15) is 72.1 Å². The van der Waals surface area contributed by atoms with Crippen LogP contribution in [0.15, 0.2) is 0 Å². The molecule has 0 spiro atoms. The largest absolute Gasteiger partial charge is 0.311 e. The Hall–Kier alpha value is -0.0800. The van der Waals surface area contributed by atoms with Crippen molar-refractivity contribution in [2.45, 2.75) is 89.8 Å². The number of piperidine rings is 2. The number of nitrogens with one attached hydrogen (secondary N) is 1. The summed E-state index contributed by atoms with van der Waals surface area (Å²) in [7, 11) is 0. The van der Waals surface area contributed by atoms with E-state index in [0.29, 0.717) is 11.6 Å². The van der Waals surface area contributed by atoms with E-state index < -0.39 is 0 Å². The van der Waals surface area contributed by atoms with Gasteiger partial charge in [-0.1, -0.05) is 19.8 Å². The topological polar surface area (TPSA) is 15.3 Å². The second kappa shape index (κ2) is 6.38. The fourth-order valence-electron chi connectivity index (χ4n) is 4.02. The summed E-state index contributed by atoms with van der Waals surface area (Å²) >= 11 is 0. The minimum atomic E-state index is 0.452. The number of hydrogen-bond donors (Lipinski definition) is 1. The third-order valence-corrected chi connectivity index (χ3v) is 5.22. The van der Waals surface area contributed by atoms with Gasteiger partial charge in [0.15, 0.2) is 0 Å². The Morgan fingerprint density at radius 1 is 1.22 bits per heavy atom. The molecule has 0 radical (unpaired) electrons. The maximum absolute atomic E-state index is 3.86. The SMILES string of the molecule is CCC1(CC2CCCCN2C(C)C)CCCCN1. The quantitative estimate of drug-likeness (QED) is 0.823. The zero-order chi connectivity index (χ0) is 13.0. The molecule has 0 aromatic carbocycles. The Morgan fingerprint density at radius 2 is 2.06 bits per heavy atom. The first-order chi connectivity index (χ1) is 8.67. The number of rotatable bonds is 4. The van der Waals surface area contributed by atoms with Crippen LogP contribution in [0.4, 0.5) is 0 Å². The predicted octanol–water partition coefficient (Wildman–Crippen LogP) is 3.56. The van der Waals surface area contributed by atoms with E-state index in [1.807, 2.05) is 0 Å². The van der Waals surface area contributed by atoms with E-state index in [9.17, 15) is 0 Å². The standard InChI is InChI=1S/C16H32N2/c1-4-16(10-6-7-11-17-16)13-15-9-5-8-12-18(15)14(2)3/h14-15,17H,4-13H2,1-3H3. The normalized spacial score (nSPS) is 35.0. The van der Waals surface area contributed by atoms with E-state index in [2.05, 4.69) is 31.0 Å². The summed E-state index contributed by atoms with van der Waals surface area (Å²) in [5, 5.41) is 3.86. The molecule has 2 nitrogen and oxygen atoms in total. The van der Waals surface area contributed by atoms with Crippen LogP contribution in [0, 0.1) is 0 Å². The molecule has 0 amide bonds. The van der Waals surface area contributed by atoms with Gasteiger partial charge in [0.1, 0.15) is 0 Å². The summed E-state index contributed by atoms with van der Waals surface area (Å²) in [6.07, 6.45) is 11.1. The molecule has 0 aliphatic carbocycles. The predicted molar refractivity (Wildman–Crippen MR) is 79.0 cm³/mol. The van der Waals surface area contributed by atoms with Crippen molar-refractivity contribution in [1.82, 2.24) is 10.2 Å². The fraction of sp³-hybridized carbons (Fsp3) is 1.00. The van der Waals surface area contributed by atoms with E-state index in [1.54, 1.807) is 0 Å². The lowest BCUT2D eigenvalue weighted by Crippen LogP contribution is -2.54. The van der Waals surface area contributed by atoms with Gasteiger partial charge < -0.3 is 5.32 Å². The molecular weight excluding hydrogens is 220 g/mol. The van der Waals surface area contributed by atoms with Crippen LogP contribution in [0.25, 0.3) is 0 Å². The lowest BCUT2D eigenvalue weighted by molar-refractivity contribution is 0.0701. The van der Waals surface area contributed by atoms with Crippen LogP contribution in [-0.4, -0.2) is 35.6 Å². The zero-order valence-corrected chi connectivity index (χ0v) is 12.7. The van der Waals surface area contributed by atoms with E-state index in [1.165, 1.54) is 64.5 Å². The van der Waals surface area contributed by atoms with Crippen molar-refractivity contribution in [3.05, 3.63) is 0 Å². The molecule has 0 saturated carbocycles. The van der Waals surface area contributed by atoms with E-state index in [4.69, 9.17) is 0 Å². The molecule has 0 aromatic heterocycles. The fourth-order valence-corrected chi connectivity index (χ4v) is 4.02. The summed E-state index contributed by atoms with van der Waals surface area (Å²) in [5.41, 5.74) is 0.452. The maximum atomic E-state index is 3.86. The highest BCUT2D eigenvalue weighted by atomic mass is 15.2. The Morgan fingerprint density at radius 3 is 2.67 bits per heavy atom. The molecule has 2 aliphatic heterocycles. The molecule has 2 aliphatic rings. The first-order valence-corrected chi connectivity index (χ1v) is 8.18. The minimum absolute atomic E-state index is 0.452. The first-order valence-electron chi connectivity index (χ1n) is 8.18. The van der Waals surface area contributed by atoms with Crippen molar-refractivity contribution in [2.75, 3.05) is 13.1 Å². The lowest BCUT2D eigenvalue weighted by atomic mass is 9.78.